The third kappa shape index (κ3) is 4.74. The van der Waals surface area contributed by atoms with Gasteiger partial charge in [-0.1, -0.05) is 35.0 Å². The summed E-state index contributed by atoms with van der Waals surface area (Å²) in [6.45, 7) is 2.73. The highest BCUT2D eigenvalue weighted by Crippen LogP contribution is 2.27. The number of nitrogens with zero attached hydrogens (tertiary/aromatic N) is 2. The molecular weight excluding hydrogens is 412 g/mol. The molecule has 0 N–H and O–H groups in total. The van der Waals surface area contributed by atoms with Gasteiger partial charge in [0, 0.05) is 11.0 Å². The summed E-state index contributed by atoms with van der Waals surface area (Å²) in [6.07, 6.45) is 2.35. The van der Waals surface area contributed by atoms with Crippen molar-refractivity contribution in [3.8, 4) is 11.5 Å². The summed E-state index contributed by atoms with van der Waals surface area (Å²) in [6, 6.07) is 12.4. The summed E-state index contributed by atoms with van der Waals surface area (Å²) >= 11 is 3.35. The molecule has 3 rings (SSSR count). The van der Waals surface area contributed by atoms with Gasteiger partial charge in [0.25, 0.3) is 5.56 Å². The van der Waals surface area contributed by atoms with Crippen molar-refractivity contribution in [3.05, 3.63) is 63.6 Å². The van der Waals surface area contributed by atoms with E-state index in [9.17, 15) is 9.59 Å². The van der Waals surface area contributed by atoms with Crippen molar-refractivity contribution in [2.45, 2.75) is 26.3 Å². The number of rotatable bonds is 7. The maximum atomic E-state index is 12.6. The van der Waals surface area contributed by atoms with Gasteiger partial charge in [-0.05, 0) is 36.8 Å². The topological polar surface area (TPSA) is 70.4 Å². The van der Waals surface area contributed by atoms with Gasteiger partial charge in [0.2, 0.25) is 0 Å². The number of hydrogen-bond acceptors (Lipinski definition) is 5. The van der Waals surface area contributed by atoms with Gasteiger partial charge in [-0.15, -0.1) is 0 Å². The van der Waals surface area contributed by atoms with Crippen LogP contribution in [0, 0.1) is 0 Å². The fourth-order valence-corrected chi connectivity index (χ4v) is 2.90. The molecule has 2 aromatic carbocycles. The largest absolute Gasteiger partial charge is 0.490 e. The lowest BCUT2D eigenvalue weighted by molar-refractivity contribution is -0.134. The molecule has 0 aliphatic carbocycles. The quantitative estimate of drug-likeness (QED) is 0.419. The van der Waals surface area contributed by atoms with Crippen molar-refractivity contribution in [1.29, 1.82) is 0 Å². The summed E-state index contributed by atoms with van der Waals surface area (Å²) in [5, 5.41) is 0.499. The molecule has 0 aliphatic heterocycles. The molecule has 0 aliphatic rings. The summed E-state index contributed by atoms with van der Waals surface area (Å²) in [5.74, 6) is 0.467. The first-order valence-electron chi connectivity index (χ1n) is 8.65. The average molecular weight is 431 g/mol. The minimum atomic E-state index is -0.441. The molecule has 0 fully saturated rings. The lowest BCUT2D eigenvalue weighted by atomic mass is 10.2. The van der Waals surface area contributed by atoms with Crippen LogP contribution in [0.5, 0.6) is 11.5 Å². The van der Waals surface area contributed by atoms with Crippen LogP contribution in [0.4, 0.5) is 0 Å². The van der Waals surface area contributed by atoms with E-state index >= 15 is 0 Å². The van der Waals surface area contributed by atoms with Crippen molar-refractivity contribution in [3.63, 3.8) is 0 Å². The Balaban J connectivity index is 1.69. The number of fused-ring (bicyclic) bond motifs is 1. The molecule has 0 saturated carbocycles. The Morgan fingerprint density at radius 1 is 1.19 bits per heavy atom. The van der Waals surface area contributed by atoms with E-state index in [0.717, 1.165) is 10.9 Å². The third-order valence-corrected chi connectivity index (χ3v) is 4.37. The number of benzene rings is 2. The van der Waals surface area contributed by atoms with Crippen LogP contribution in [-0.2, 0) is 11.3 Å². The van der Waals surface area contributed by atoms with Crippen LogP contribution in [0.1, 0.15) is 19.8 Å². The molecule has 0 bridgehead atoms. The van der Waals surface area contributed by atoms with E-state index in [2.05, 4.69) is 20.9 Å². The average Bonchev–Trinajstić information content (AvgIpc) is 2.67. The molecule has 0 amide bonds. The zero-order valence-corrected chi connectivity index (χ0v) is 16.4. The van der Waals surface area contributed by atoms with Gasteiger partial charge in [-0.25, -0.2) is 4.98 Å². The van der Waals surface area contributed by atoms with Crippen LogP contribution in [0.3, 0.4) is 0 Å². The molecule has 7 heteroatoms. The summed E-state index contributed by atoms with van der Waals surface area (Å²) in [7, 11) is 0. The number of ether oxygens (including phenoxy) is 2. The van der Waals surface area contributed by atoms with Crippen molar-refractivity contribution >= 4 is 32.8 Å². The first-order valence-corrected chi connectivity index (χ1v) is 9.45. The molecule has 1 aromatic heterocycles. The second kappa shape index (κ2) is 8.81. The molecule has 0 spiro atoms. The van der Waals surface area contributed by atoms with Gasteiger partial charge in [-0.3, -0.25) is 14.2 Å². The second-order valence-electron chi connectivity index (χ2n) is 5.92. The molecule has 0 unspecified atom stereocenters. The number of aromatic nitrogens is 2. The number of carbonyl (C=O) groups is 1. The van der Waals surface area contributed by atoms with Crippen LogP contribution in [-0.4, -0.2) is 22.1 Å². The van der Waals surface area contributed by atoms with Crippen molar-refractivity contribution < 1.29 is 14.3 Å². The van der Waals surface area contributed by atoms with E-state index < -0.39 is 5.97 Å². The van der Waals surface area contributed by atoms with Crippen LogP contribution in [0.25, 0.3) is 10.9 Å². The number of hydrogen-bond donors (Lipinski definition) is 0. The highest BCUT2D eigenvalue weighted by molar-refractivity contribution is 9.10. The maximum Gasteiger partial charge on any atom is 0.313 e. The van der Waals surface area contributed by atoms with E-state index in [-0.39, 0.29) is 18.5 Å². The van der Waals surface area contributed by atoms with Crippen molar-refractivity contribution in [2.24, 2.45) is 0 Å². The smallest absolute Gasteiger partial charge is 0.313 e. The van der Waals surface area contributed by atoms with Crippen molar-refractivity contribution in [2.75, 3.05) is 6.61 Å². The summed E-state index contributed by atoms with van der Waals surface area (Å²) in [5.41, 5.74) is 0.421. The summed E-state index contributed by atoms with van der Waals surface area (Å²) in [4.78, 5) is 29.0. The Labute approximate surface area is 164 Å². The molecule has 27 heavy (non-hydrogen) atoms. The first kappa shape index (κ1) is 19.1. The van der Waals surface area contributed by atoms with Crippen LogP contribution in [0.2, 0.25) is 0 Å². The molecular formula is C20H19BrN2O4. The molecule has 0 saturated heterocycles. The predicted molar refractivity (Wildman–Crippen MR) is 106 cm³/mol. The summed E-state index contributed by atoms with van der Waals surface area (Å²) < 4.78 is 13.2. The zero-order valence-electron chi connectivity index (χ0n) is 14.9. The van der Waals surface area contributed by atoms with Gasteiger partial charge in [0.1, 0.15) is 0 Å². The maximum absolute atomic E-state index is 12.6. The van der Waals surface area contributed by atoms with E-state index in [1.54, 1.807) is 30.3 Å². The van der Waals surface area contributed by atoms with E-state index in [0.29, 0.717) is 29.0 Å². The minimum absolute atomic E-state index is 0.0448. The van der Waals surface area contributed by atoms with E-state index in [1.165, 1.54) is 10.9 Å². The van der Waals surface area contributed by atoms with Gasteiger partial charge in [0.15, 0.2) is 11.5 Å². The molecule has 140 valence electrons. The molecule has 0 radical (unpaired) electrons. The second-order valence-corrected chi connectivity index (χ2v) is 6.84. The first-order chi connectivity index (χ1) is 13.1. The highest BCUT2D eigenvalue weighted by atomic mass is 79.9. The Hall–Kier alpha value is -2.67. The van der Waals surface area contributed by atoms with Crippen LogP contribution >= 0.6 is 15.9 Å². The van der Waals surface area contributed by atoms with Gasteiger partial charge >= 0.3 is 5.97 Å². The van der Waals surface area contributed by atoms with Crippen LogP contribution < -0.4 is 15.0 Å². The standard InChI is InChI=1S/C20H19BrN2O4/c1-2-11-26-17-5-3-4-6-18(17)27-19(24)9-10-23-13-22-16-8-7-14(21)12-15(16)20(23)25/h3-8,12-13H,2,9-11H2,1H3. The minimum Gasteiger partial charge on any atom is -0.490 e. The molecule has 3 aromatic rings. The predicted octanol–water partition coefficient (Wildman–Crippen LogP) is 3.94. The Morgan fingerprint density at radius 3 is 2.74 bits per heavy atom. The fraction of sp³-hybridized carbons (Fsp3) is 0.250. The lowest BCUT2D eigenvalue weighted by Crippen LogP contribution is -2.23. The van der Waals surface area contributed by atoms with Gasteiger partial charge in [0.05, 0.1) is 30.3 Å². The Bertz CT molecular complexity index is 1020. The van der Waals surface area contributed by atoms with E-state index in [4.69, 9.17) is 9.47 Å². The molecule has 1 heterocycles. The highest BCUT2D eigenvalue weighted by Gasteiger charge is 2.12. The lowest BCUT2D eigenvalue weighted by Gasteiger charge is -2.11. The SMILES string of the molecule is CCCOc1ccccc1OC(=O)CCn1cnc2ccc(Br)cc2c1=O. The van der Waals surface area contributed by atoms with Crippen molar-refractivity contribution in [1.82, 2.24) is 9.55 Å². The van der Waals surface area contributed by atoms with Gasteiger partial charge in [-0.2, -0.15) is 0 Å². The third-order valence-electron chi connectivity index (χ3n) is 3.88. The monoisotopic (exact) mass is 430 g/mol. The number of aryl methyl sites for hydroxylation is 1. The Morgan fingerprint density at radius 2 is 1.96 bits per heavy atom. The normalized spacial score (nSPS) is 10.7. The zero-order chi connectivity index (χ0) is 19.2. The number of carbonyl (C=O) groups excluding carboxylic acids is 1. The number of esters is 1. The fourth-order valence-electron chi connectivity index (χ4n) is 2.54. The van der Waals surface area contributed by atoms with Crippen LogP contribution in [0.15, 0.2) is 58.1 Å². The molecule has 0 atom stereocenters. The Kier molecular flexibility index (Phi) is 6.24. The molecule has 6 nitrogen and oxygen atoms in total. The number of para-hydroxylation sites is 2. The van der Waals surface area contributed by atoms with Gasteiger partial charge < -0.3 is 9.47 Å². The number of halogens is 1. The van der Waals surface area contributed by atoms with E-state index in [1.807, 2.05) is 19.1 Å².